The van der Waals surface area contributed by atoms with Gasteiger partial charge in [-0.2, -0.15) is 0 Å². The zero-order chi connectivity index (χ0) is 17.2. The van der Waals surface area contributed by atoms with Crippen LogP contribution in [-0.4, -0.2) is 28.9 Å². The summed E-state index contributed by atoms with van der Waals surface area (Å²) in [5.41, 5.74) is 2.06. The number of aromatic carboxylic acids is 1. The molecule has 1 aliphatic carbocycles. The van der Waals surface area contributed by atoms with Crippen molar-refractivity contribution in [3.05, 3.63) is 45.7 Å². The van der Waals surface area contributed by atoms with Gasteiger partial charge >= 0.3 is 5.97 Å². The van der Waals surface area contributed by atoms with Crippen LogP contribution in [0.2, 0.25) is 0 Å². The average Bonchev–Trinajstić information content (AvgIpc) is 2.57. The van der Waals surface area contributed by atoms with Crippen LogP contribution >= 0.6 is 0 Å². The van der Waals surface area contributed by atoms with Crippen LogP contribution in [0.3, 0.4) is 0 Å². The minimum atomic E-state index is -1.18. The molecule has 3 aliphatic rings. The molecule has 0 bridgehead atoms. The number of hydrogen-bond donors (Lipinski definition) is 1. The number of carboxylic acid groups (broad SMARTS) is 1. The number of fused-ring (bicyclic) bond motifs is 5. The van der Waals surface area contributed by atoms with Gasteiger partial charge in [-0.05, 0) is 43.4 Å². The third-order valence-corrected chi connectivity index (χ3v) is 5.64. The Balaban J connectivity index is 1.78. The number of carbonyl (C=O) groups is 1. The lowest BCUT2D eigenvalue weighted by Gasteiger charge is -2.48. The number of benzene rings is 1. The van der Waals surface area contributed by atoms with Crippen molar-refractivity contribution in [2.75, 3.05) is 13.2 Å². The Kier molecular flexibility index (Phi) is 2.84. The summed E-state index contributed by atoms with van der Waals surface area (Å²) in [6.07, 6.45) is 5.41. The highest BCUT2D eigenvalue weighted by Gasteiger charge is 2.43. The Morgan fingerprint density at radius 1 is 1.12 bits per heavy atom. The van der Waals surface area contributed by atoms with E-state index in [1.165, 1.54) is 12.3 Å². The maximum Gasteiger partial charge on any atom is 0.341 e. The smallest absolute Gasteiger partial charge is 0.341 e. The van der Waals surface area contributed by atoms with Crippen molar-refractivity contribution < 1.29 is 19.4 Å². The van der Waals surface area contributed by atoms with E-state index < -0.39 is 11.4 Å². The van der Waals surface area contributed by atoms with Crippen LogP contribution in [-0.2, 0) is 12.0 Å². The number of rotatable bonds is 1. The van der Waals surface area contributed by atoms with Crippen LogP contribution in [0.15, 0.2) is 29.2 Å². The lowest BCUT2D eigenvalue weighted by Crippen LogP contribution is -2.46. The van der Waals surface area contributed by atoms with Crippen molar-refractivity contribution in [3.8, 4) is 22.8 Å². The fraction of sp³-hybridized carbons (Fsp3) is 0.368. The van der Waals surface area contributed by atoms with E-state index in [2.05, 4.69) is 0 Å². The van der Waals surface area contributed by atoms with Gasteiger partial charge < -0.3 is 19.1 Å². The second-order valence-electron chi connectivity index (χ2n) is 7.02. The molecule has 1 fully saturated rings. The number of pyridine rings is 1. The number of carboxylic acids is 1. The topological polar surface area (TPSA) is 77.8 Å². The number of hydrogen-bond acceptors (Lipinski definition) is 4. The van der Waals surface area contributed by atoms with E-state index in [9.17, 15) is 14.7 Å². The zero-order valence-electron chi connectivity index (χ0n) is 13.6. The summed E-state index contributed by atoms with van der Waals surface area (Å²) >= 11 is 0. The zero-order valence-corrected chi connectivity index (χ0v) is 13.6. The molecular weight excluding hydrogens is 322 g/mol. The van der Waals surface area contributed by atoms with Crippen LogP contribution < -0.4 is 14.9 Å². The molecule has 2 aromatic rings. The van der Waals surface area contributed by atoms with Crippen LogP contribution in [0.5, 0.6) is 11.5 Å². The Bertz CT molecular complexity index is 971. The molecular formula is C19H17NO5. The lowest BCUT2D eigenvalue weighted by molar-refractivity contribution is 0.0691. The van der Waals surface area contributed by atoms with Gasteiger partial charge in [0.2, 0.25) is 0 Å². The Labute approximate surface area is 143 Å². The van der Waals surface area contributed by atoms with Crippen LogP contribution in [0.25, 0.3) is 11.3 Å². The fourth-order valence-corrected chi connectivity index (χ4v) is 4.25. The first kappa shape index (κ1) is 14.6. The molecule has 5 rings (SSSR count). The standard InChI is InChI=1S/C19H17NO5/c21-15-8-14-12-7-17-16(24-4-5-25-17)6-11(12)9-19(2-1-3-19)20(14)10-13(15)18(22)23/h6-8,10H,1-5,9H2,(H,22,23). The third kappa shape index (κ3) is 1.97. The van der Waals surface area contributed by atoms with Gasteiger partial charge in [0.25, 0.3) is 0 Å². The molecule has 1 spiro atoms. The highest BCUT2D eigenvalue weighted by molar-refractivity contribution is 5.88. The van der Waals surface area contributed by atoms with E-state index in [4.69, 9.17) is 9.47 Å². The maximum absolute atomic E-state index is 12.3. The minimum Gasteiger partial charge on any atom is -0.486 e. The predicted octanol–water partition coefficient (Wildman–Crippen LogP) is 2.42. The first-order valence-corrected chi connectivity index (χ1v) is 8.51. The van der Waals surface area contributed by atoms with E-state index in [1.807, 2.05) is 16.7 Å². The second-order valence-corrected chi connectivity index (χ2v) is 7.02. The molecule has 0 radical (unpaired) electrons. The van der Waals surface area contributed by atoms with Gasteiger partial charge in [-0.25, -0.2) is 4.79 Å². The molecule has 0 unspecified atom stereocenters. The molecule has 1 N–H and O–H groups in total. The minimum absolute atomic E-state index is 0.135. The molecule has 2 aliphatic heterocycles. The largest absolute Gasteiger partial charge is 0.486 e. The molecule has 1 saturated carbocycles. The van der Waals surface area contributed by atoms with E-state index in [-0.39, 0.29) is 11.1 Å². The molecule has 0 saturated heterocycles. The molecule has 6 nitrogen and oxygen atoms in total. The molecule has 1 aromatic heterocycles. The van der Waals surface area contributed by atoms with Gasteiger partial charge in [-0.1, -0.05) is 0 Å². The van der Waals surface area contributed by atoms with Gasteiger partial charge in [0.15, 0.2) is 16.9 Å². The average molecular weight is 339 g/mol. The summed E-state index contributed by atoms with van der Waals surface area (Å²) in [4.78, 5) is 23.7. The third-order valence-electron chi connectivity index (χ3n) is 5.64. The fourth-order valence-electron chi connectivity index (χ4n) is 4.25. The first-order chi connectivity index (χ1) is 12.1. The van der Waals surface area contributed by atoms with Crippen molar-refractivity contribution >= 4 is 5.97 Å². The van der Waals surface area contributed by atoms with Crippen LogP contribution in [0.1, 0.15) is 35.2 Å². The summed E-state index contributed by atoms with van der Waals surface area (Å²) in [7, 11) is 0. The van der Waals surface area contributed by atoms with E-state index in [0.29, 0.717) is 19.0 Å². The highest BCUT2D eigenvalue weighted by atomic mass is 16.6. The molecule has 1 aromatic carbocycles. The molecule has 0 atom stereocenters. The lowest BCUT2D eigenvalue weighted by atomic mass is 9.69. The summed E-state index contributed by atoms with van der Waals surface area (Å²) < 4.78 is 13.4. The van der Waals surface area contributed by atoms with Crippen molar-refractivity contribution in [3.63, 3.8) is 0 Å². The quantitative estimate of drug-likeness (QED) is 0.863. The van der Waals surface area contributed by atoms with Crippen LogP contribution in [0.4, 0.5) is 0 Å². The highest BCUT2D eigenvalue weighted by Crippen LogP contribution is 2.50. The van der Waals surface area contributed by atoms with Crippen molar-refractivity contribution in [2.24, 2.45) is 0 Å². The Morgan fingerprint density at radius 3 is 2.48 bits per heavy atom. The monoisotopic (exact) mass is 339 g/mol. The van der Waals surface area contributed by atoms with Gasteiger partial charge in [0, 0.05) is 23.4 Å². The second kappa shape index (κ2) is 4.88. The van der Waals surface area contributed by atoms with Gasteiger partial charge in [0.05, 0.1) is 5.69 Å². The Hall–Kier alpha value is -2.76. The van der Waals surface area contributed by atoms with Crippen LogP contribution in [0, 0.1) is 0 Å². The number of aromatic nitrogens is 1. The normalized spacial score (nSPS) is 18.9. The molecule has 6 heteroatoms. The predicted molar refractivity (Wildman–Crippen MR) is 89.6 cm³/mol. The SMILES string of the molecule is O=C(O)c1cn2c(cc1=O)-c1cc3c(cc1CC21CCC1)OCCO3. The number of nitrogens with zero attached hydrogens (tertiary/aromatic N) is 1. The summed E-state index contributed by atoms with van der Waals surface area (Å²) in [5.74, 6) is 0.246. The van der Waals surface area contributed by atoms with E-state index >= 15 is 0 Å². The summed E-state index contributed by atoms with van der Waals surface area (Å²) in [6.45, 7) is 1.04. The van der Waals surface area contributed by atoms with Gasteiger partial charge in [-0.3, -0.25) is 4.79 Å². The van der Waals surface area contributed by atoms with Gasteiger partial charge in [-0.15, -0.1) is 0 Å². The van der Waals surface area contributed by atoms with Gasteiger partial charge in [0.1, 0.15) is 18.8 Å². The summed E-state index contributed by atoms with van der Waals surface area (Å²) in [5, 5.41) is 9.33. The maximum atomic E-state index is 12.3. The molecule has 25 heavy (non-hydrogen) atoms. The molecule has 128 valence electrons. The summed E-state index contributed by atoms with van der Waals surface area (Å²) in [6, 6.07) is 5.39. The number of ether oxygens (including phenoxy) is 2. The van der Waals surface area contributed by atoms with E-state index in [1.54, 1.807) is 0 Å². The van der Waals surface area contributed by atoms with Crippen molar-refractivity contribution in [1.82, 2.24) is 4.57 Å². The molecule has 3 heterocycles. The van der Waals surface area contributed by atoms with Crippen molar-refractivity contribution in [1.29, 1.82) is 0 Å². The molecule has 0 amide bonds. The van der Waals surface area contributed by atoms with Crippen molar-refractivity contribution in [2.45, 2.75) is 31.2 Å². The Morgan fingerprint density at radius 2 is 1.84 bits per heavy atom. The first-order valence-electron chi connectivity index (χ1n) is 8.51. The van der Waals surface area contributed by atoms with E-state index in [0.717, 1.165) is 48.3 Å².